The lowest BCUT2D eigenvalue weighted by atomic mass is 10.1. The van der Waals surface area contributed by atoms with Crippen LogP contribution in [-0.2, 0) is 0 Å². The second-order valence-corrected chi connectivity index (χ2v) is 5.29. The van der Waals surface area contributed by atoms with Gasteiger partial charge in [-0.25, -0.2) is 0 Å². The number of pyridine rings is 1. The van der Waals surface area contributed by atoms with Gasteiger partial charge in [-0.2, -0.15) is 0 Å². The summed E-state index contributed by atoms with van der Waals surface area (Å²) in [6, 6.07) is 8.73. The molecule has 0 fully saturated rings. The van der Waals surface area contributed by atoms with E-state index in [2.05, 4.69) is 15.0 Å². The predicted molar refractivity (Wildman–Crippen MR) is 83.6 cm³/mol. The number of nitrogens with one attached hydrogen (secondary N) is 1. The minimum atomic E-state index is -4.75. The van der Waals surface area contributed by atoms with Gasteiger partial charge in [-0.1, -0.05) is 19.1 Å². The van der Waals surface area contributed by atoms with Gasteiger partial charge < -0.3 is 10.1 Å². The number of hydrogen-bond acceptors (Lipinski definition) is 3. The Labute approximate surface area is 137 Å². The molecule has 0 spiro atoms. The zero-order valence-corrected chi connectivity index (χ0v) is 13.2. The summed E-state index contributed by atoms with van der Waals surface area (Å²) in [5, 5.41) is 2.82. The van der Waals surface area contributed by atoms with Gasteiger partial charge in [-0.15, -0.1) is 13.2 Å². The van der Waals surface area contributed by atoms with Gasteiger partial charge in [-0.05, 0) is 37.6 Å². The fraction of sp³-hybridized carbons (Fsp3) is 0.294. The molecule has 0 saturated heterocycles. The first-order valence-corrected chi connectivity index (χ1v) is 7.41. The van der Waals surface area contributed by atoms with Gasteiger partial charge in [0, 0.05) is 17.8 Å². The summed E-state index contributed by atoms with van der Waals surface area (Å²) >= 11 is 0. The lowest BCUT2D eigenvalue weighted by molar-refractivity contribution is -0.274. The third-order valence-electron chi connectivity index (χ3n) is 3.38. The molecule has 1 unspecified atom stereocenters. The molecule has 2 rings (SSSR count). The van der Waals surface area contributed by atoms with Crippen LogP contribution in [0.1, 0.15) is 30.6 Å². The minimum absolute atomic E-state index is 0.0494. The van der Waals surface area contributed by atoms with Gasteiger partial charge in [0.1, 0.15) is 5.75 Å². The fourth-order valence-corrected chi connectivity index (χ4v) is 1.96. The number of carbonyl (C=O) groups excluding carboxylic acids is 1. The first-order chi connectivity index (χ1) is 11.3. The molecule has 4 nitrogen and oxygen atoms in total. The number of rotatable bonds is 5. The Morgan fingerprint density at radius 3 is 2.62 bits per heavy atom. The van der Waals surface area contributed by atoms with Crippen LogP contribution in [0.25, 0.3) is 11.3 Å². The number of nitrogens with zero attached hydrogens (tertiary/aromatic N) is 1. The number of carbonyl (C=O) groups is 1. The molecule has 0 saturated carbocycles. The summed E-state index contributed by atoms with van der Waals surface area (Å²) in [5.74, 6) is -0.557. The second kappa shape index (κ2) is 7.33. The van der Waals surface area contributed by atoms with Crippen molar-refractivity contribution in [1.82, 2.24) is 10.3 Å². The second-order valence-electron chi connectivity index (χ2n) is 5.29. The molecule has 128 valence electrons. The third kappa shape index (κ3) is 4.97. The Bertz CT molecular complexity index is 700. The normalized spacial score (nSPS) is 12.5. The lowest BCUT2D eigenvalue weighted by Crippen LogP contribution is -2.31. The van der Waals surface area contributed by atoms with E-state index in [0.29, 0.717) is 16.8 Å². The van der Waals surface area contributed by atoms with Crippen LogP contribution in [0.5, 0.6) is 5.75 Å². The number of amides is 1. The molecule has 2 aromatic rings. The Morgan fingerprint density at radius 1 is 1.29 bits per heavy atom. The van der Waals surface area contributed by atoms with Crippen molar-refractivity contribution in [2.75, 3.05) is 0 Å². The Balaban J connectivity index is 2.16. The quantitative estimate of drug-likeness (QED) is 0.890. The van der Waals surface area contributed by atoms with Crippen molar-refractivity contribution in [2.45, 2.75) is 32.7 Å². The number of benzene rings is 1. The van der Waals surface area contributed by atoms with Gasteiger partial charge in [0.2, 0.25) is 0 Å². The van der Waals surface area contributed by atoms with Crippen LogP contribution in [0.4, 0.5) is 13.2 Å². The molecule has 0 bridgehead atoms. The van der Waals surface area contributed by atoms with Crippen molar-refractivity contribution < 1.29 is 22.7 Å². The molecule has 1 aromatic heterocycles. The van der Waals surface area contributed by atoms with Crippen LogP contribution in [-0.4, -0.2) is 23.3 Å². The van der Waals surface area contributed by atoms with Crippen molar-refractivity contribution in [3.63, 3.8) is 0 Å². The molecule has 1 aromatic carbocycles. The van der Waals surface area contributed by atoms with E-state index >= 15 is 0 Å². The minimum Gasteiger partial charge on any atom is -0.406 e. The maximum absolute atomic E-state index is 12.3. The van der Waals surface area contributed by atoms with Crippen LogP contribution in [0, 0.1) is 0 Å². The smallest absolute Gasteiger partial charge is 0.406 e. The van der Waals surface area contributed by atoms with E-state index in [4.69, 9.17) is 0 Å². The molecule has 1 atom stereocenters. The molecular weight excluding hydrogens is 321 g/mol. The van der Waals surface area contributed by atoms with Crippen molar-refractivity contribution >= 4 is 5.91 Å². The first kappa shape index (κ1) is 17.8. The van der Waals surface area contributed by atoms with Crippen LogP contribution >= 0.6 is 0 Å². The Hall–Kier alpha value is -2.57. The first-order valence-electron chi connectivity index (χ1n) is 7.41. The molecular formula is C17H17F3N2O2. The van der Waals surface area contributed by atoms with Crippen LogP contribution in [0.2, 0.25) is 0 Å². The SMILES string of the molecule is CCC(C)NC(=O)c1ccc(-c2cccc(OC(F)(F)F)c2)nc1. The average molecular weight is 338 g/mol. The summed E-state index contributed by atoms with van der Waals surface area (Å²) in [4.78, 5) is 16.1. The highest BCUT2D eigenvalue weighted by molar-refractivity contribution is 5.94. The zero-order valence-electron chi connectivity index (χ0n) is 13.2. The van der Waals surface area contributed by atoms with Gasteiger partial charge in [0.25, 0.3) is 5.91 Å². The van der Waals surface area contributed by atoms with Crippen molar-refractivity contribution in [2.24, 2.45) is 0 Å². The zero-order chi connectivity index (χ0) is 17.7. The van der Waals surface area contributed by atoms with Gasteiger partial charge in [0.15, 0.2) is 0 Å². The standard InChI is InChI=1S/C17H17F3N2O2/c1-3-11(2)22-16(23)13-7-8-15(21-10-13)12-5-4-6-14(9-12)24-17(18,19)20/h4-11H,3H2,1-2H3,(H,22,23). The molecule has 0 radical (unpaired) electrons. The van der Waals surface area contributed by atoms with E-state index < -0.39 is 6.36 Å². The molecule has 7 heteroatoms. The molecule has 1 heterocycles. The Kier molecular flexibility index (Phi) is 5.43. The summed E-state index contributed by atoms with van der Waals surface area (Å²) in [6.07, 6.45) is -2.54. The van der Waals surface area contributed by atoms with E-state index in [1.165, 1.54) is 24.4 Å². The largest absolute Gasteiger partial charge is 0.573 e. The number of aromatic nitrogens is 1. The van der Waals surface area contributed by atoms with E-state index in [1.54, 1.807) is 18.2 Å². The van der Waals surface area contributed by atoms with Crippen LogP contribution in [0.15, 0.2) is 42.6 Å². The summed E-state index contributed by atoms with van der Waals surface area (Å²) in [5.41, 5.74) is 1.30. The van der Waals surface area contributed by atoms with Crippen molar-refractivity contribution in [3.05, 3.63) is 48.2 Å². The number of alkyl halides is 3. The van der Waals surface area contributed by atoms with Gasteiger partial charge in [0.05, 0.1) is 11.3 Å². The van der Waals surface area contributed by atoms with Crippen LogP contribution < -0.4 is 10.1 Å². The fourth-order valence-electron chi connectivity index (χ4n) is 1.96. The summed E-state index contributed by atoms with van der Waals surface area (Å²) < 4.78 is 40.7. The molecule has 1 N–H and O–H groups in total. The number of ether oxygens (including phenoxy) is 1. The monoisotopic (exact) mass is 338 g/mol. The maximum Gasteiger partial charge on any atom is 0.573 e. The number of hydrogen-bond donors (Lipinski definition) is 1. The summed E-state index contributed by atoms with van der Waals surface area (Å²) in [7, 11) is 0. The van der Waals surface area contributed by atoms with E-state index in [0.717, 1.165) is 6.42 Å². The average Bonchev–Trinajstić information content (AvgIpc) is 2.53. The molecule has 0 aliphatic carbocycles. The van der Waals surface area contributed by atoms with Crippen molar-refractivity contribution in [3.8, 4) is 17.0 Å². The van der Waals surface area contributed by atoms with E-state index in [1.807, 2.05) is 13.8 Å². The number of halogens is 3. The maximum atomic E-state index is 12.3. The lowest BCUT2D eigenvalue weighted by Gasteiger charge is -2.12. The van der Waals surface area contributed by atoms with Crippen molar-refractivity contribution in [1.29, 1.82) is 0 Å². The van der Waals surface area contributed by atoms with E-state index in [-0.39, 0.29) is 17.7 Å². The van der Waals surface area contributed by atoms with Gasteiger partial charge in [-0.3, -0.25) is 9.78 Å². The molecule has 24 heavy (non-hydrogen) atoms. The highest BCUT2D eigenvalue weighted by atomic mass is 19.4. The predicted octanol–water partition coefficient (Wildman–Crippen LogP) is 4.18. The highest BCUT2D eigenvalue weighted by Gasteiger charge is 2.31. The molecule has 0 aliphatic heterocycles. The summed E-state index contributed by atoms with van der Waals surface area (Å²) in [6.45, 7) is 3.86. The Morgan fingerprint density at radius 2 is 2.04 bits per heavy atom. The molecule has 1 amide bonds. The van der Waals surface area contributed by atoms with E-state index in [9.17, 15) is 18.0 Å². The van der Waals surface area contributed by atoms with Gasteiger partial charge >= 0.3 is 6.36 Å². The molecule has 0 aliphatic rings. The highest BCUT2D eigenvalue weighted by Crippen LogP contribution is 2.27. The topological polar surface area (TPSA) is 51.2 Å². The third-order valence-corrected chi connectivity index (χ3v) is 3.38. The van der Waals surface area contributed by atoms with Crippen LogP contribution in [0.3, 0.4) is 0 Å².